The molecule has 1 aliphatic carbocycles. The van der Waals surface area contributed by atoms with Crippen LogP contribution in [0.4, 0.5) is 0 Å². The van der Waals surface area contributed by atoms with Crippen LogP contribution in [0.5, 0.6) is 0 Å². The van der Waals surface area contributed by atoms with E-state index in [2.05, 4.69) is 20.1 Å². The Labute approximate surface area is 141 Å². The smallest absolute Gasteiger partial charge is 0.274 e. The molecule has 0 unspecified atom stereocenters. The largest absolute Gasteiger partial charge is 0.334 e. The molecule has 24 heavy (non-hydrogen) atoms. The summed E-state index contributed by atoms with van der Waals surface area (Å²) in [7, 11) is 1.81. The van der Waals surface area contributed by atoms with E-state index < -0.39 is 0 Å². The Morgan fingerprint density at radius 1 is 1.42 bits per heavy atom. The van der Waals surface area contributed by atoms with Crippen LogP contribution in [0.2, 0.25) is 0 Å². The van der Waals surface area contributed by atoms with Crippen LogP contribution >= 0.6 is 0 Å². The van der Waals surface area contributed by atoms with Crippen molar-refractivity contribution in [1.29, 1.82) is 0 Å². The summed E-state index contributed by atoms with van der Waals surface area (Å²) in [6.45, 7) is 3.54. The van der Waals surface area contributed by atoms with Crippen molar-refractivity contribution in [2.24, 2.45) is 5.92 Å². The SMILES string of the molecule is CN(Cc1ccccn1)C(=O)c1n[nH]c2c1CN(CC1CC1)CC2. The number of fused-ring (bicyclic) bond motifs is 1. The fraction of sp³-hybridized carbons (Fsp3) is 0.500. The highest BCUT2D eigenvalue weighted by molar-refractivity contribution is 5.93. The lowest BCUT2D eigenvalue weighted by atomic mass is 10.0. The Balaban J connectivity index is 1.48. The second-order valence-corrected chi connectivity index (χ2v) is 6.94. The number of nitrogens with one attached hydrogen (secondary N) is 1. The van der Waals surface area contributed by atoms with E-state index in [1.54, 1.807) is 11.1 Å². The first-order valence-electron chi connectivity index (χ1n) is 8.64. The van der Waals surface area contributed by atoms with E-state index in [0.29, 0.717) is 12.2 Å². The molecule has 1 fully saturated rings. The van der Waals surface area contributed by atoms with E-state index in [9.17, 15) is 4.79 Å². The average molecular weight is 325 g/mol. The standard InChI is InChI=1S/C18H23N5O/c1-22(11-14-4-2-3-8-19-14)18(24)17-15-12-23(10-13-5-6-13)9-7-16(15)20-21-17/h2-4,8,13H,5-7,9-12H2,1H3,(H,20,21). The molecule has 4 rings (SSSR count). The van der Waals surface area contributed by atoms with Crippen molar-refractivity contribution in [2.45, 2.75) is 32.4 Å². The summed E-state index contributed by atoms with van der Waals surface area (Å²) in [4.78, 5) is 21.3. The summed E-state index contributed by atoms with van der Waals surface area (Å²) in [6, 6.07) is 5.75. The highest BCUT2D eigenvalue weighted by Crippen LogP contribution is 2.31. The molecule has 2 aromatic rings. The molecule has 0 bridgehead atoms. The Bertz CT molecular complexity index is 722. The van der Waals surface area contributed by atoms with Gasteiger partial charge in [0.05, 0.1) is 12.2 Å². The second kappa shape index (κ2) is 6.36. The molecular formula is C18H23N5O. The fourth-order valence-electron chi connectivity index (χ4n) is 3.34. The van der Waals surface area contributed by atoms with Gasteiger partial charge >= 0.3 is 0 Å². The third kappa shape index (κ3) is 3.19. The lowest BCUT2D eigenvalue weighted by molar-refractivity contribution is 0.0775. The molecule has 126 valence electrons. The van der Waals surface area contributed by atoms with Crippen molar-refractivity contribution >= 4 is 5.91 Å². The van der Waals surface area contributed by atoms with Crippen LogP contribution in [0.15, 0.2) is 24.4 Å². The van der Waals surface area contributed by atoms with Gasteiger partial charge in [-0.1, -0.05) is 6.07 Å². The molecule has 0 aromatic carbocycles. The molecule has 0 spiro atoms. The lowest BCUT2D eigenvalue weighted by Crippen LogP contribution is -2.34. The maximum Gasteiger partial charge on any atom is 0.274 e. The maximum atomic E-state index is 12.8. The van der Waals surface area contributed by atoms with Gasteiger partial charge in [0.25, 0.3) is 5.91 Å². The molecule has 1 amide bonds. The quantitative estimate of drug-likeness (QED) is 0.911. The number of aromatic amines is 1. The first-order chi connectivity index (χ1) is 11.7. The van der Waals surface area contributed by atoms with Gasteiger partial charge in [0.1, 0.15) is 0 Å². The summed E-state index contributed by atoms with van der Waals surface area (Å²) < 4.78 is 0. The van der Waals surface area contributed by atoms with Crippen molar-refractivity contribution in [3.8, 4) is 0 Å². The molecule has 0 atom stereocenters. The number of amides is 1. The van der Waals surface area contributed by atoms with Gasteiger partial charge in [-0.15, -0.1) is 0 Å². The van der Waals surface area contributed by atoms with Crippen LogP contribution in [-0.4, -0.2) is 51.0 Å². The van der Waals surface area contributed by atoms with E-state index in [0.717, 1.165) is 48.9 Å². The van der Waals surface area contributed by atoms with Crippen LogP contribution in [0, 0.1) is 5.92 Å². The number of nitrogens with zero attached hydrogens (tertiary/aromatic N) is 4. The molecule has 0 saturated heterocycles. The Morgan fingerprint density at radius 3 is 3.04 bits per heavy atom. The van der Waals surface area contributed by atoms with E-state index in [-0.39, 0.29) is 5.91 Å². The lowest BCUT2D eigenvalue weighted by Gasteiger charge is -2.27. The van der Waals surface area contributed by atoms with E-state index in [1.807, 2.05) is 25.2 Å². The first kappa shape index (κ1) is 15.3. The molecule has 1 N–H and O–H groups in total. The molecular weight excluding hydrogens is 302 g/mol. The number of carbonyl (C=O) groups excluding carboxylic acids is 1. The van der Waals surface area contributed by atoms with Gasteiger partial charge in [-0.05, 0) is 30.9 Å². The number of aromatic nitrogens is 3. The average Bonchev–Trinajstić information content (AvgIpc) is 3.31. The third-order valence-electron chi connectivity index (χ3n) is 4.90. The summed E-state index contributed by atoms with van der Waals surface area (Å²) in [5, 5.41) is 7.40. The minimum Gasteiger partial charge on any atom is -0.334 e. The van der Waals surface area contributed by atoms with Gasteiger partial charge < -0.3 is 4.90 Å². The van der Waals surface area contributed by atoms with E-state index in [4.69, 9.17) is 0 Å². The summed E-state index contributed by atoms with van der Waals surface area (Å²) in [5.74, 6) is 0.829. The number of hydrogen-bond acceptors (Lipinski definition) is 4. The minimum atomic E-state index is -0.0357. The van der Waals surface area contributed by atoms with Crippen molar-refractivity contribution < 1.29 is 4.79 Å². The first-order valence-corrected chi connectivity index (χ1v) is 8.64. The Kier molecular flexibility index (Phi) is 4.06. The second-order valence-electron chi connectivity index (χ2n) is 6.94. The van der Waals surface area contributed by atoms with Crippen molar-refractivity contribution in [2.75, 3.05) is 20.1 Å². The predicted molar refractivity (Wildman–Crippen MR) is 90.3 cm³/mol. The van der Waals surface area contributed by atoms with E-state index in [1.165, 1.54) is 12.8 Å². The van der Waals surface area contributed by atoms with Gasteiger partial charge in [0, 0.05) is 50.6 Å². The van der Waals surface area contributed by atoms with Gasteiger partial charge in [0.2, 0.25) is 0 Å². The highest BCUT2D eigenvalue weighted by atomic mass is 16.2. The molecule has 3 heterocycles. The molecule has 2 aliphatic rings. The summed E-state index contributed by atoms with van der Waals surface area (Å²) >= 11 is 0. The number of hydrogen-bond donors (Lipinski definition) is 1. The van der Waals surface area contributed by atoms with Crippen LogP contribution < -0.4 is 0 Å². The maximum absolute atomic E-state index is 12.8. The van der Waals surface area contributed by atoms with Gasteiger partial charge in [-0.2, -0.15) is 5.10 Å². The van der Waals surface area contributed by atoms with Crippen LogP contribution in [0.3, 0.4) is 0 Å². The zero-order valence-corrected chi connectivity index (χ0v) is 14.0. The van der Waals surface area contributed by atoms with Crippen LogP contribution in [-0.2, 0) is 19.5 Å². The number of pyridine rings is 1. The molecule has 6 nitrogen and oxygen atoms in total. The topological polar surface area (TPSA) is 65.1 Å². The number of carbonyl (C=O) groups is 1. The summed E-state index contributed by atoms with van der Waals surface area (Å²) in [5.41, 5.74) is 3.66. The van der Waals surface area contributed by atoms with Crippen molar-refractivity contribution in [3.63, 3.8) is 0 Å². The monoisotopic (exact) mass is 325 g/mol. The minimum absolute atomic E-state index is 0.0357. The zero-order valence-electron chi connectivity index (χ0n) is 14.0. The normalized spacial score (nSPS) is 17.5. The molecule has 6 heteroatoms. The van der Waals surface area contributed by atoms with Crippen molar-refractivity contribution in [1.82, 2.24) is 25.0 Å². The third-order valence-corrected chi connectivity index (χ3v) is 4.90. The Hall–Kier alpha value is -2.21. The number of rotatable bonds is 5. The molecule has 1 aliphatic heterocycles. The van der Waals surface area contributed by atoms with Crippen molar-refractivity contribution in [3.05, 3.63) is 47.0 Å². The Morgan fingerprint density at radius 2 is 2.29 bits per heavy atom. The van der Waals surface area contributed by atoms with Gasteiger partial charge in [0.15, 0.2) is 5.69 Å². The fourth-order valence-corrected chi connectivity index (χ4v) is 3.34. The summed E-state index contributed by atoms with van der Waals surface area (Å²) in [6.07, 6.45) is 5.41. The predicted octanol–water partition coefficient (Wildman–Crippen LogP) is 1.84. The van der Waals surface area contributed by atoms with Crippen LogP contribution in [0.1, 0.15) is 40.3 Å². The number of H-pyrrole nitrogens is 1. The zero-order chi connectivity index (χ0) is 16.5. The van der Waals surface area contributed by atoms with Crippen LogP contribution in [0.25, 0.3) is 0 Å². The van der Waals surface area contributed by atoms with Gasteiger partial charge in [-0.25, -0.2) is 0 Å². The molecule has 2 aromatic heterocycles. The molecule has 0 radical (unpaired) electrons. The van der Waals surface area contributed by atoms with Gasteiger partial charge in [-0.3, -0.25) is 19.8 Å². The highest BCUT2D eigenvalue weighted by Gasteiger charge is 2.30. The van der Waals surface area contributed by atoms with E-state index >= 15 is 0 Å². The molecule has 1 saturated carbocycles.